The first-order chi connectivity index (χ1) is 8.24. The topological polar surface area (TPSA) is 12.0 Å². The predicted octanol–water partition coefficient (Wildman–Crippen LogP) is 3.71. The van der Waals surface area contributed by atoms with Gasteiger partial charge in [0.2, 0.25) is 0 Å². The number of hydrogen-bond donors (Lipinski definition) is 1. The van der Waals surface area contributed by atoms with E-state index in [1.165, 1.54) is 22.3 Å². The molecule has 1 nitrogen and oxygen atoms in total. The highest BCUT2D eigenvalue weighted by Crippen LogP contribution is 2.30. The summed E-state index contributed by atoms with van der Waals surface area (Å²) < 4.78 is 0. The molecular formula is C15H14ClN. The lowest BCUT2D eigenvalue weighted by molar-refractivity contribution is 0.668. The van der Waals surface area contributed by atoms with Gasteiger partial charge in [0.25, 0.3) is 0 Å². The molecule has 0 radical (unpaired) electrons. The summed E-state index contributed by atoms with van der Waals surface area (Å²) >= 11 is 6.08. The Kier molecular flexibility index (Phi) is 2.56. The van der Waals surface area contributed by atoms with Crippen LogP contribution in [0.4, 0.5) is 0 Å². The van der Waals surface area contributed by atoms with E-state index in [1.54, 1.807) is 0 Å². The lowest BCUT2D eigenvalue weighted by Crippen LogP contribution is -2.29. The van der Waals surface area contributed by atoms with E-state index in [4.69, 9.17) is 11.6 Å². The number of halogens is 1. The van der Waals surface area contributed by atoms with Gasteiger partial charge in [0, 0.05) is 5.02 Å². The summed E-state index contributed by atoms with van der Waals surface area (Å²) in [4.78, 5) is 0. The molecule has 1 aromatic rings. The number of benzene rings is 1. The zero-order chi connectivity index (χ0) is 11.8. The van der Waals surface area contributed by atoms with Gasteiger partial charge in [-0.3, -0.25) is 0 Å². The molecule has 0 spiro atoms. The van der Waals surface area contributed by atoms with Gasteiger partial charge >= 0.3 is 0 Å². The SMILES string of the molecule is CC1=CC2=CC=CNC2Cc2ccc(Cl)cc21. The van der Waals surface area contributed by atoms with Gasteiger partial charge in [-0.1, -0.05) is 29.8 Å². The van der Waals surface area contributed by atoms with E-state index in [0.29, 0.717) is 6.04 Å². The number of hydrogen-bond acceptors (Lipinski definition) is 1. The molecule has 17 heavy (non-hydrogen) atoms. The smallest absolute Gasteiger partial charge is 0.0549 e. The Morgan fingerprint density at radius 1 is 1.35 bits per heavy atom. The van der Waals surface area contributed by atoms with Crippen LogP contribution in [0.2, 0.25) is 5.02 Å². The van der Waals surface area contributed by atoms with Gasteiger partial charge in [-0.05, 0) is 60.0 Å². The third-order valence-electron chi connectivity index (χ3n) is 3.39. The molecule has 1 heterocycles. The minimum absolute atomic E-state index is 0.386. The molecule has 0 saturated heterocycles. The molecule has 3 rings (SSSR count). The molecule has 0 saturated carbocycles. The second-order valence-corrected chi connectivity index (χ2v) is 5.01. The predicted molar refractivity (Wildman–Crippen MR) is 73.0 cm³/mol. The van der Waals surface area contributed by atoms with E-state index in [0.717, 1.165) is 11.4 Å². The van der Waals surface area contributed by atoms with Crippen molar-refractivity contribution in [1.82, 2.24) is 5.32 Å². The Labute approximate surface area is 106 Å². The Morgan fingerprint density at radius 3 is 3.12 bits per heavy atom. The van der Waals surface area contributed by atoms with Gasteiger partial charge in [0.05, 0.1) is 6.04 Å². The first-order valence-corrected chi connectivity index (χ1v) is 6.22. The van der Waals surface area contributed by atoms with Crippen LogP contribution in [0.1, 0.15) is 18.1 Å². The largest absolute Gasteiger partial charge is 0.384 e. The van der Waals surface area contributed by atoms with Crippen LogP contribution in [0.3, 0.4) is 0 Å². The van der Waals surface area contributed by atoms with E-state index in [2.05, 4.69) is 42.6 Å². The second kappa shape index (κ2) is 4.08. The Hall–Kier alpha value is -1.47. The van der Waals surface area contributed by atoms with Crippen molar-refractivity contribution < 1.29 is 0 Å². The molecule has 0 bridgehead atoms. The summed E-state index contributed by atoms with van der Waals surface area (Å²) in [7, 11) is 0. The van der Waals surface area contributed by atoms with Crippen LogP contribution in [-0.2, 0) is 6.42 Å². The Morgan fingerprint density at radius 2 is 2.24 bits per heavy atom. The average Bonchev–Trinajstić information content (AvgIpc) is 2.46. The summed E-state index contributed by atoms with van der Waals surface area (Å²) in [5, 5.41) is 4.22. The van der Waals surface area contributed by atoms with Crippen molar-refractivity contribution in [2.45, 2.75) is 19.4 Å². The van der Waals surface area contributed by atoms with Crippen LogP contribution in [0.15, 0.2) is 48.2 Å². The maximum absolute atomic E-state index is 6.08. The van der Waals surface area contributed by atoms with Crippen LogP contribution in [0, 0.1) is 0 Å². The van der Waals surface area contributed by atoms with Crippen LogP contribution < -0.4 is 5.32 Å². The monoisotopic (exact) mass is 243 g/mol. The van der Waals surface area contributed by atoms with E-state index in [-0.39, 0.29) is 0 Å². The number of dihydropyridines is 1. The van der Waals surface area contributed by atoms with Crippen LogP contribution in [0.25, 0.3) is 5.57 Å². The van der Waals surface area contributed by atoms with Gasteiger partial charge in [-0.15, -0.1) is 0 Å². The van der Waals surface area contributed by atoms with Crippen molar-refractivity contribution in [2.75, 3.05) is 0 Å². The normalized spacial score (nSPS) is 21.6. The van der Waals surface area contributed by atoms with Gasteiger partial charge in [-0.2, -0.15) is 0 Å². The molecule has 1 atom stereocenters. The zero-order valence-corrected chi connectivity index (χ0v) is 10.5. The van der Waals surface area contributed by atoms with Gasteiger partial charge < -0.3 is 5.32 Å². The van der Waals surface area contributed by atoms with Gasteiger partial charge in [0.1, 0.15) is 0 Å². The summed E-state index contributed by atoms with van der Waals surface area (Å²) in [5.74, 6) is 0. The fourth-order valence-corrected chi connectivity index (χ4v) is 2.68. The maximum Gasteiger partial charge on any atom is 0.0549 e. The number of nitrogens with one attached hydrogen (secondary N) is 1. The Balaban J connectivity index is 2.13. The number of rotatable bonds is 0. The van der Waals surface area contributed by atoms with Crippen molar-refractivity contribution in [3.8, 4) is 0 Å². The van der Waals surface area contributed by atoms with Crippen LogP contribution >= 0.6 is 11.6 Å². The van der Waals surface area contributed by atoms with Crippen molar-refractivity contribution in [3.05, 3.63) is 64.3 Å². The molecule has 1 aromatic carbocycles. The standard InChI is InChI=1S/C15H14ClN/c1-10-7-12-3-2-6-17-15(12)8-11-4-5-13(16)9-14(10)11/h2-7,9,15,17H,8H2,1H3. The highest BCUT2D eigenvalue weighted by molar-refractivity contribution is 6.30. The Bertz CT molecular complexity index is 552. The fourth-order valence-electron chi connectivity index (χ4n) is 2.51. The highest BCUT2D eigenvalue weighted by atomic mass is 35.5. The molecule has 0 amide bonds. The van der Waals surface area contributed by atoms with Crippen molar-refractivity contribution in [3.63, 3.8) is 0 Å². The van der Waals surface area contributed by atoms with E-state index >= 15 is 0 Å². The summed E-state index contributed by atoms with van der Waals surface area (Å²) in [6, 6.07) is 6.56. The minimum atomic E-state index is 0.386. The number of allylic oxidation sites excluding steroid dienone is 3. The molecule has 1 unspecified atom stereocenters. The van der Waals surface area contributed by atoms with Crippen molar-refractivity contribution in [1.29, 1.82) is 0 Å². The molecule has 2 aliphatic rings. The summed E-state index contributed by atoms with van der Waals surface area (Å²) in [5.41, 5.74) is 5.26. The lowest BCUT2D eigenvalue weighted by atomic mass is 9.97. The number of fused-ring (bicyclic) bond motifs is 2. The highest BCUT2D eigenvalue weighted by Gasteiger charge is 2.20. The molecular weight excluding hydrogens is 230 g/mol. The first-order valence-electron chi connectivity index (χ1n) is 5.84. The third-order valence-corrected chi connectivity index (χ3v) is 3.62. The molecule has 0 fully saturated rings. The van der Waals surface area contributed by atoms with Crippen molar-refractivity contribution in [2.24, 2.45) is 0 Å². The van der Waals surface area contributed by atoms with Crippen LogP contribution in [-0.4, -0.2) is 6.04 Å². The molecule has 1 aliphatic carbocycles. The van der Waals surface area contributed by atoms with Crippen LogP contribution in [0.5, 0.6) is 0 Å². The maximum atomic E-state index is 6.08. The van der Waals surface area contributed by atoms with Gasteiger partial charge in [-0.25, -0.2) is 0 Å². The molecule has 86 valence electrons. The minimum Gasteiger partial charge on any atom is -0.384 e. The second-order valence-electron chi connectivity index (χ2n) is 4.58. The summed E-state index contributed by atoms with van der Waals surface area (Å²) in [6.07, 6.45) is 9.51. The molecule has 1 N–H and O–H groups in total. The van der Waals surface area contributed by atoms with E-state index < -0.39 is 0 Å². The average molecular weight is 244 g/mol. The lowest BCUT2D eigenvalue weighted by Gasteiger charge is -2.20. The van der Waals surface area contributed by atoms with E-state index in [1.807, 2.05) is 12.3 Å². The van der Waals surface area contributed by atoms with Gasteiger partial charge in [0.15, 0.2) is 0 Å². The van der Waals surface area contributed by atoms with E-state index in [9.17, 15) is 0 Å². The fraction of sp³-hybridized carbons (Fsp3) is 0.200. The first kappa shape index (κ1) is 10.7. The molecule has 2 heteroatoms. The third kappa shape index (κ3) is 1.91. The molecule has 0 aromatic heterocycles. The zero-order valence-electron chi connectivity index (χ0n) is 9.70. The van der Waals surface area contributed by atoms with Crippen molar-refractivity contribution >= 4 is 17.2 Å². The molecule has 1 aliphatic heterocycles. The quantitative estimate of drug-likeness (QED) is 0.733. The summed E-state index contributed by atoms with van der Waals surface area (Å²) in [6.45, 7) is 2.15.